The lowest BCUT2D eigenvalue weighted by molar-refractivity contribution is 0.190. The monoisotopic (exact) mass is 384 g/mol. The van der Waals surface area contributed by atoms with E-state index >= 15 is 0 Å². The number of rotatable bonds is 7. The molecule has 0 atom stereocenters. The summed E-state index contributed by atoms with van der Waals surface area (Å²) in [6.07, 6.45) is 5.73. The van der Waals surface area contributed by atoms with Crippen LogP contribution in [0.3, 0.4) is 0 Å². The predicted molar refractivity (Wildman–Crippen MR) is 105 cm³/mol. The van der Waals surface area contributed by atoms with E-state index in [0.29, 0.717) is 23.2 Å². The van der Waals surface area contributed by atoms with Gasteiger partial charge in [0.2, 0.25) is 0 Å². The molecule has 2 fully saturated rings. The van der Waals surface area contributed by atoms with E-state index < -0.39 is 0 Å². The summed E-state index contributed by atoms with van der Waals surface area (Å²) >= 11 is 5.51. The first-order valence-electron chi connectivity index (χ1n) is 9.69. The summed E-state index contributed by atoms with van der Waals surface area (Å²) in [4.78, 5) is 4.97. The van der Waals surface area contributed by atoms with Gasteiger partial charge in [-0.3, -0.25) is 9.78 Å². The van der Waals surface area contributed by atoms with Crippen molar-refractivity contribution >= 4 is 23.3 Å². The quantitative estimate of drug-likeness (QED) is 0.497. The lowest BCUT2D eigenvalue weighted by Gasteiger charge is -2.10. The number of hydrogen-bond donors (Lipinski definition) is 1. The maximum Gasteiger partial charge on any atom is 0.195 e. The summed E-state index contributed by atoms with van der Waals surface area (Å²) in [5.41, 5.74) is 4.39. The Labute approximate surface area is 162 Å². The minimum atomic E-state index is 0.546. The largest absolute Gasteiger partial charge is 0.385 e. The highest BCUT2D eigenvalue weighted by molar-refractivity contribution is 7.71. The Kier molecular flexibility index (Phi) is 4.12. The molecule has 3 aromatic rings. The molecule has 0 bridgehead atoms. The van der Waals surface area contributed by atoms with Crippen LogP contribution in [0, 0.1) is 4.77 Å². The van der Waals surface area contributed by atoms with Gasteiger partial charge in [0.25, 0.3) is 0 Å². The first kappa shape index (κ1) is 17.1. The maximum absolute atomic E-state index is 5.51. The highest BCUT2D eigenvalue weighted by Gasteiger charge is 2.33. The van der Waals surface area contributed by atoms with E-state index in [1.54, 1.807) is 7.11 Å². The second kappa shape index (κ2) is 6.53. The Hall–Kier alpha value is -2.06. The lowest BCUT2D eigenvalue weighted by atomic mass is 10.0. The highest BCUT2D eigenvalue weighted by Crippen LogP contribution is 2.46. The third-order valence-electron chi connectivity index (χ3n) is 5.53. The van der Waals surface area contributed by atoms with Crippen LogP contribution in [0.5, 0.6) is 0 Å². The third kappa shape index (κ3) is 3.00. The smallest absolute Gasteiger partial charge is 0.195 e. The molecule has 8 heteroatoms. The van der Waals surface area contributed by atoms with Gasteiger partial charge in [-0.25, -0.2) is 4.98 Å². The summed E-state index contributed by atoms with van der Waals surface area (Å²) in [6, 6.07) is 2.23. The standard InChI is InChI=1S/C19H24N6OS/c1-24-18-15(16(23-24)12-6-7-12)13(10-14(20-18)11-4-5-11)17-21-22-19(27)25(17)8-3-9-26-2/h10-12H,3-9H2,1-2H3,(H,22,27). The number of H-pyrrole nitrogens is 1. The number of aromatic amines is 1. The number of nitrogens with zero attached hydrogens (tertiary/aromatic N) is 5. The van der Waals surface area contributed by atoms with E-state index in [4.69, 9.17) is 27.0 Å². The van der Waals surface area contributed by atoms with Gasteiger partial charge in [-0.15, -0.1) is 0 Å². The number of aromatic nitrogens is 6. The van der Waals surface area contributed by atoms with E-state index in [-0.39, 0.29) is 0 Å². The zero-order valence-corrected chi connectivity index (χ0v) is 16.6. The normalized spacial score (nSPS) is 17.1. The van der Waals surface area contributed by atoms with Crippen LogP contribution in [-0.2, 0) is 18.3 Å². The average molecular weight is 385 g/mol. The first-order chi connectivity index (χ1) is 13.2. The molecule has 27 heavy (non-hydrogen) atoms. The van der Waals surface area contributed by atoms with Crippen molar-refractivity contribution in [1.29, 1.82) is 0 Å². The minimum absolute atomic E-state index is 0.546. The Morgan fingerprint density at radius 3 is 2.74 bits per heavy atom. The van der Waals surface area contributed by atoms with Crippen LogP contribution in [0.1, 0.15) is 55.3 Å². The number of pyridine rings is 1. The minimum Gasteiger partial charge on any atom is -0.385 e. The van der Waals surface area contributed by atoms with E-state index in [1.165, 1.54) is 25.7 Å². The van der Waals surface area contributed by atoms with Gasteiger partial charge in [0.15, 0.2) is 16.2 Å². The summed E-state index contributed by atoms with van der Waals surface area (Å²) in [5.74, 6) is 2.00. The molecule has 3 aromatic heterocycles. The molecule has 0 amide bonds. The molecule has 0 radical (unpaired) electrons. The number of nitrogens with one attached hydrogen (secondary N) is 1. The number of hydrogen-bond acceptors (Lipinski definition) is 5. The summed E-state index contributed by atoms with van der Waals surface area (Å²) < 4.78 is 9.89. The lowest BCUT2D eigenvalue weighted by Crippen LogP contribution is -2.05. The van der Waals surface area contributed by atoms with Gasteiger partial charge in [-0.1, -0.05) is 0 Å². The number of ether oxygens (including phenoxy) is 1. The molecular formula is C19H24N6OS. The van der Waals surface area contributed by atoms with Crippen molar-refractivity contribution in [2.75, 3.05) is 13.7 Å². The number of methoxy groups -OCH3 is 1. The summed E-state index contributed by atoms with van der Waals surface area (Å²) in [7, 11) is 3.72. The summed E-state index contributed by atoms with van der Waals surface area (Å²) in [6.45, 7) is 1.48. The topological polar surface area (TPSA) is 73.5 Å². The van der Waals surface area contributed by atoms with Gasteiger partial charge in [0, 0.05) is 50.4 Å². The van der Waals surface area contributed by atoms with Gasteiger partial charge >= 0.3 is 0 Å². The van der Waals surface area contributed by atoms with Gasteiger partial charge < -0.3 is 9.30 Å². The van der Waals surface area contributed by atoms with Gasteiger partial charge in [-0.05, 0) is 50.4 Å². The van der Waals surface area contributed by atoms with Crippen molar-refractivity contribution < 1.29 is 4.74 Å². The van der Waals surface area contributed by atoms with Crippen LogP contribution in [0.15, 0.2) is 6.07 Å². The number of aryl methyl sites for hydroxylation is 1. The van der Waals surface area contributed by atoms with Crippen molar-refractivity contribution in [1.82, 2.24) is 29.5 Å². The molecule has 1 N–H and O–H groups in total. The zero-order valence-electron chi connectivity index (χ0n) is 15.7. The SMILES string of the molecule is COCCCn1c(-c2cc(C3CC3)nc3c2c(C2CC2)nn3C)n[nH]c1=S. The fraction of sp³-hybridized carbons (Fsp3) is 0.579. The molecular weight excluding hydrogens is 360 g/mol. The molecule has 0 unspecified atom stereocenters. The van der Waals surface area contributed by atoms with E-state index in [2.05, 4.69) is 20.8 Å². The first-order valence-corrected chi connectivity index (χ1v) is 10.1. The Morgan fingerprint density at radius 1 is 1.26 bits per heavy atom. The predicted octanol–water partition coefficient (Wildman–Crippen LogP) is 3.68. The Morgan fingerprint density at radius 2 is 2.04 bits per heavy atom. The van der Waals surface area contributed by atoms with Crippen LogP contribution in [0.2, 0.25) is 0 Å². The van der Waals surface area contributed by atoms with Gasteiger partial charge in [0.1, 0.15) is 0 Å². The highest BCUT2D eigenvalue weighted by atomic mass is 32.1. The molecule has 7 nitrogen and oxygen atoms in total. The van der Waals surface area contributed by atoms with Gasteiger partial charge in [-0.2, -0.15) is 10.2 Å². The maximum atomic E-state index is 5.51. The number of fused-ring (bicyclic) bond motifs is 1. The molecule has 3 heterocycles. The Bertz CT molecular complexity index is 1060. The molecule has 0 aromatic carbocycles. The van der Waals surface area contributed by atoms with Crippen LogP contribution in [0.25, 0.3) is 22.4 Å². The van der Waals surface area contributed by atoms with E-state index in [0.717, 1.165) is 46.8 Å². The fourth-order valence-electron chi connectivity index (χ4n) is 3.80. The molecule has 142 valence electrons. The van der Waals surface area contributed by atoms with E-state index in [1.807, 2.05) is 11.7 Å². The molecule has 5 rings (SSSR count). The molecule has 0 spiro atoms. The van der Waals surface area contributed by atoms with Crippen molar-refractivity contribution in [2.24, 2.45) is 7.05 Å². The van der Waals surface area contributed by atoms with Gasteiger partial charge in [0.05, 0.1) is 11.1 Å². The Balaban J connectivity index is 1.71. The molecule has 0 aliphatic heterocycles. The van der Waals surface area contributed by atoms with Crippen molar-refractivity contribution in [3.63, 3.8) is 0 Å². The average Bonchev–Trinajstić information content (AvgIpc) is 3.58. The molecule has 0 saturated heterocycles. The van der Waals surface area contributed by atoms with Crippen LogP contribution < -0.4 is 0 Å². The van der Waals surface area contributed by atoms with Crippen LogP contribution >= 0.6 is 12.2 Å². The molecule has 2 saturated carbocycles. The zero-order chi connectivity index (χ0) is 18.5. The van der Waals surface area contributed by atoms with Crippen LogP contribution in [0.4, 0.5) is 0 Å². The van der Waals surface area contributed by atoms with Crippen molar-refractivity contribution in [3.8, 4) is 11.4 Å². The third-order valence-corrected chi connectivity index (χ3v) is 5.84. The second-order valence-electron chi connectivity index (χ2n) is 7.70. The summed E-state index contributed by atoms with van der Waals surface area (Å²) in [5, 5.41) is 13.6. The van der Waals surface area contributed by atoms with Crippen LogP contribution in [-0.4, -0.2) is 43.2 Å². The van der Waals surface area contributed by atoms with Crippen molar-refractivity contribution in [2.45, 2.75) is 50.5 Å². The molecule has 2 aliphatic carbocycles. The second-order valence-corrected chi connectivity index (χ2v) is 8.09. The molecule has 2 aliphatic rings. The fourth-order valence-corrected chi connectivity index (χ4v) is 4.02. The van der Waals surface area contributed by atoms with E-state index in [9.17, 15) is 0 Å². The van der Waals surface area contributed by atoms with Crippen molar-refractivity contribution in [3.05, 3.63) is 22.2 Å².